The first kappa shape index (κ1) is 77.9. The first-order valence-electron chi connectivity index (χ1n) is 31.1. The molecule has 23 heteroatoms. The molecule has 23 nitrogen and oxygen atoms in total. The molecule has 86 heavy (non-hydrogen) atoms. The molecule has 0 aromatic rings. The number of aliphatic hydroxyl groups is 1. The summed E-state index contributed by atoms with van der Waals surface area (Å²) in [7, 11) is 9.95. The SMILES string of the molecule is C/C=C/C[C@@H](C)[C@@H](O)[C@H]1C(=O)N[C@@H](CC)C(=O)N(C)CC(=O)N(C)[C@@H](CC(C)C)C(=O)N[C@@H](C(C)C)C(=O)N(C)[C@@H](CC(C)C)C(=O)N[C@@H](CC)C(=O)N[C@H](C)C(=O)N(C)[C@@H](CC(C)C)C(=O)N(C)[C@@H](CC(C)C)C(=O)N(C)[C@H](C(C)C)C(=O)N1C. The van der Waals surface area contributed by atoms with Gasteiger partial charge in [-0.05, 0) is 100 Å². The lowest BCUT2D eigenvalue weighted by atomic mass is 9.91. The third kappa shape index (κ3) is 21.6. The van der Waals surface area contributed by atoms with Crippen LogP contribution < -0.4 is 21.3 Å². The van der Waals surface area contributed by atoms with Crippen LogP contribution in [0.25, 0.3) is 0 Å². The molecule has 1 aliphatic rings. The highest BCUT2D eigenvalue weighted by molar-refractivity contribution is 5.99. The number of amides is 11. The molecule has 0 bridgehead atoms. The van der Waals surface area contributed by atoms with E-state index in [4.69, 9.17) is 0 Å². The average molecular weight is 1220 g/mol. The predicted octanol–water partition coefficient (Wildman–Crippen LogP) is 3.66. The molecule has 0 aromatic heterocycles. The summed E-state index contributed by atoms with van der Waals surface area (Å²) >= 11 is 0. The van der Waals surface area contributed by atoms with Crippen LogP contribution in [-0.2, 0) is 52.7 Å². The number of carbonyl (C=O) groups is 11. The fourth-order valence-electron chi connectivity index (χ4n) is 10.9. The molecule has 1 heterocycles. The second-order valence-electron chi connectivity index (χ2n) is 26.3. The van der Waals surface area contributed by atoms with Crippen molar-refractivity contribution in [1.29, 1.82) is 0 Å². The number of nitrogens with one attached hydrogen (secondary N) is 4. The molecule has 0 spiro atoms. The second-order valence-corrected chi connectivity index (χ2v) is 26.3. The number of allylic oxidation sites excluding steroid dienone is 2. The Kier molecular flexibility index (Phi) is 32.3. The quantitative estimate of drug-likeness (QED) is 0.139. The minimum atomic E-state index is -1.61. The zero-order valence-electron chi connectivity index (χ0n) is 56.8. The van der Waals surface area contributed by atoms with E-state index in [-0.39, 0.29) is 62.2 Å². The monoisotopic (exact) mass is 1220 g/mol. The lowest BCUT2D eigenvalue weighted by Crippen LogP contribution is -2.63. The molecule has 1 fully saturated rings. The van der Waals surface area contributed by atoms with Gasteiger partial charge in [0.2, 0.25) is 65.0 Å². The molecule has 12 atom stereocenters. The summed E-state index contributed by atoms with van der Waals surface area (Å²) < 4.78 is 0. The van der Waals surface area contributed by atoms with E-state index in [0.29, 0.717) is 6.42 Å². The molecular weight excluding hydrogens is 1100 g/mol. The zero-order chi connectivity index (χ0) is 66.7. The van der Waals surface area contributed by atoms with Gasteiger partial charge in [-0.25, -0.2) is 0 Å². The Bertz CT molecular complexity index is 2340. The molecule has 11 amide bonds. The van der Waals surface area contributed by atoms with E-state index in [1.54, 1.807) is 61.5 Å². The first-order chi connectivity index (χ1) is 39.7. The van der Waals surface area contributed by atoms with Gasteiger partial charge in [0.1, 0.15) is 60.4 Å². The smallest absolute Gasteiger partial charge is 0.246 e. The molecule has 1 aliphatic heterocycles. The average Bonchev–Trinajstić information content (AvgIpc) is 2.32. The Balaban J connectivity index is 4.36. The standard InChI is InChI=1S/C63H113N11O12/c1-25-28-29-41(16)53(76)52-57(80)66-44(27-3)59(82)68(18)34-49(75)69(19)45(30-35(4)5)56(79)67-50(39(12)13)62(85)70(20)46(31-36(6)7)55(78)65-43(26-2)54(77)64-42(17)58(81)71(21)47(32-37(8)9)60(83)72(22)48(33-38(10)11)61(84)73(23)51(40(14)15)63(86)74(52)24/h25,28,35-48,50-53,76H,26-27,29-34H2,1-24H3,(H,64,77)(H,65,78)(H,66,80)(H,67,79)/b28-25+/t41-,42-,43+,44+,45+,46+,47+,48+,50+,51-,52+,53-/m1/s1. The van der Waals surface area contributed by atoms with Crippen LogP contribution >= 0.6 is 0 Å². The number of hydrogen-bond donors (Lipinski definition) is 5. The Labute approximate surface area is 515 Å². The van der Waals surface area contributed by atoms with Crippen molar-refractivity contribution in [2.75, 3.05) is 55.9 Å². The highest BCUT2D eigenvalue weighted by Crippen LogP contribution is 2.26. The number of aliphatic hydroxyl groups excluding tert-OH is 1. The summed E-state index contributed by atoms with van der Waals surface area (Å²) in [5.41, 5.74) is 0. The number of rotatable bonds is 16. The van der Waals surface area contributed by atoms with Crippen molar-refractivity contribution in [2.45, 2.75) is 229 Å². The van der Waals surface area contributed by atoms with Gasteiger partial charge in [0, 0.05) is 49.3 Å². The normalized spacial score (nSPS) is 26.7. The van der Waals surface area contributed by atoms with E-state index < -0.39 is 156 Å². The summed E-state index contributed by atoms with van der Waals surface area (Å²) in [6.07, 6.45) is 3.14. The molecule has 0 aromatic carbocycles. The Morgan fingerprint density at radius 3 is 1.30 bits per heavy atom. The highest BCUT2D eigenvalue weighted by Gasteiger charge is 2.46. The van der Waals surface area contributed by atoms with Crippen LogP contribution in [0.3, 0.4) is 0 Å². The summed E-state index contributed by atoms with van der Waals surface area (Å²) in [5, 5.41) is 23.2. The maximum atomic E-state index is 15.1. The first-order valence-corrected chi connectivity index (χ1v) is 31.1. The van der Waals surface area contributed by atoms with Crippen molar-refractivity contribution in [2.24, 2.45) is 41.4 Å². The Morgan fingerprint density at radius 2 is 0.860 bits per heavy atom. The van der Waals surface area contributed by atoms with Crippen molar-refractivity contribution in [3.05, 3.63) is 12.2 Å². The Hall–Kier alpha value is -6.13. The maximum Gasteiger partial charge on any atom is 0.246 e. The summed E-state index contributed by atoms with van der Waals surface area (Å²) in [5.74, 6) is -9.64. The molecule has 1 saturated heterocycles. The van der Waals surface area contributed by atoms with Gasteiger partial charge in [0.25, 0.3) is 0 Å². The van der Waals surface area contributed by atoms with E-state index in [2.05, 4.69) is 21.3 Å². The molecule has 0 saturated carbocycles. The zero-order valence-corrected chi connectivity index (χ0v) is 56.8. The van der Waals surface area contributed by atoms with Crippen molar-refractivity contribution in [3.63, 3.8) is 0 Å². The van der Waals surface area contributed by atoms with Gasteiger partial charge in [-0.15, -0.1) is 0 Å². The third-order valence-electron chi connectivity index (χ3n) is 16.4. The molecule has 0 aliphatic carbocycles. The topological polar surface area (TPSA) is 279 Å². The van der Waals surface area contributed by atoms with E-state index in [0.717, 1.165) is 9.80 Å². The molecule has 5 N–H and O–H groups in total. The second kappa shape index (κ2) is 35.6. The summed E-state index contributed by atoms with van der Waals surface area (Å²) in [6, 6.07) is -12.3. The molecule has 0 unspecified atom stereocenters. The summed E-state index contributed by atoms with van der Waals surface area (Å²) in [6.45, 7) is 29.6. The van der Waals surface area contributed by atoms with Crippen molar-refractivity contribution < 1.29 is 57.8 Å². The van der Waals surface area contributed by atoms with Gasteiger partial charge >= 0.3 is 0 Å². The summed E-state index contributed by atoms with van der Waals surface area (Å²) in [4.78, 5) is 169. The molecule has 492 valence electrons. The fourth-order valence-corrected chi connectivity index (χ4v) is 10.9. The Morgan fingerprint density at radius 1 is 0.453 bits per heavy atom. The lowest BCUT2D eigenvalue weighted by Gasteiger charge is -2.41. The van der Waals surface area contributed by atoms with Crippen LogP contribution in [0.4, 0.5) is 0 Å². The van der Waals surface area contributed by atoms with Gasteiger partial charge in [0.05, 0.1) is 12.6 Å². The maximum absolute atomic E-state index is 15.1. The third-order valence-corrected chi connectivity index (χ3v) is 16.4. The minimum absolute atomic E-state index is 0.0230. The van der Waals surface area contributed by atoms with Gasteiger partial charge in [-0.2, -0.15) is 0 Å². The van der Waals surface area contributed by atoms with Crippen LogP contribution in [0, 0.1) is 41.4 Å². The number of carbonyl (C=O) groups excluding carboxylic acids is 11. The van der Waals surface area contributed by atoms with E-state index >= 15 is 9.59 Å². The van der Waals surface area contributed by atoms with Gasteiger partial charge in [-0.1, -0.05) is 116 Å². The van der Waals surface area contributed by atoms with E-state index in [9.17, 15) is 48.3 Å². The van der Waals surface area contributed by atoms with Crippen molar-refractivity contribution in [3.8, 4) is 0 Å². The van der Waals surface area contributed by atoms with Gasteiger partial charge < -0.3 is 60.7 Å². The molecule has 1 rings (SSSR count). The van der Waals surface area contributed by atoms with Crippen LogP contribution in [-0.4, -0.2) is 227 Å². The van der Waals surface area contributed by atoms with Crippen molar-refractivity contribution in [1.82, 2.24) is 55.6 Å². The van der Waals surface area contributed by atoms with E-state index in [1.807, 2.05) is 61.5 Å². The van der Waals surface area contributed by atoms with Crippen molar-refractivity contribution >= 4 is 65.0 Å². The number of nitrogens with zero attached hydrogens (tertiary/aromatic N) is 7. The number of likely N-dealkylation sites (N-methyl/N-ethyl adjacent to an activating group) is 7. The fraction of sp³-hybridized carbons (Fsp3) is 0.794. The van der Waals surface area contributed by atoms with Crippen LogP contribution in [0.15, 0.2) is 12.2 Å². The van der Waals surface area contributed by atoms with Crippen LogP contribution in [0.1, 0.15) is 163 Å². The molecule has 0 radical (unpaired) electrons. The van der Waals surface area contributed by atoms with Gasteiger partial charge in [-0.3, -0.25) is 52.7 Å². The van der Waals surface area contributed by atoms with Gasteiger partial charge in [0.15, 0.2) is 0 Å². The van der Waals surface area contributed by atoms with Crippen LogP contribution in [0.2, 0.25) is 0 Å². The minimum Gasteiger partial charge on any atom is -0.390 e. The number of hydrogen-bond acceptors (Lipinski definition) is 12. The predicted molar refractivity (Wildman–Crippen MR) is 333 cm³/mol. The molecular formula is C63H113N11O12. The largest absolute Gasteiger partial charge is 0.390 e. The highest BCUT2D eigenvalue weighted by atomic mass is 16.3. The van der Waals surface area contributed by atoms with E-state index in [1.165, 1.54) is 80.8 Å². The van der Waals surface area contributed by atoms with Crippen LogP contribution in [0.5, 0.6) is 0 Å². The lowest BCUT2D eigenvalue weighted by molar-refractivity contribution is -0.157.